The zero-order valence-corrected chi connectivity index (χ0v) is 15.1. The number of hydrogen-bond donors (Lipinski definition) is 2. The van der Waals surface area contributed by atoms with Gasteiger partial charge >= 0.3 is 5.97 Å². The summed E-state index contributed by atoms with van der Waals surface area (Å²) >= 11 is 0. The maximum Gasteiger partial charge on any atom is 0.302 e. The van der Waals surface area contributed by atoms with Gasteiger partial charge in [-0.25, -0.2) is 0 Å². The van der Waals surface area contributed by atoms with Crippen LogP contribution >= 0.6 is 0 Å². The van der Waals surface area contributed by atoms with Gasteiger partial charge in [0.05, 0.1) is 0 Å². The third-order valence-corrected chi connectivity index (χ3v) is 3.88. The predicted molar refractivity (Wildman–Crippen MR) is 94.0 cm³/mol. The van der Waals surface area contributed by atoms with Crippen molar-refractivity contribution in [1.29, 1.82) is 0 Å². The smallest absolute Gasteiger partial charge is 0.302 e. The summed E-state index contributed by atoms with van der Waals surface area (Å²) in [6.45, 7) is 6.40. The van der Waals surface area contributed by atoms with Gasteiger partial charge in [0.15, 0.2) is 5.79 Å². The Hall–Kier alpha value is -0.870. The lowest BCUT2D eigenvalue weighted by Crippen LogP contribution is -2.31. The van der Waals surface area contributed by atoms with Gasteiger partial charge in [-0.2, -0.15) is 0 Å². The summed E-state index contributed by atoms with van der Waals surface area (Å²) in [6.07, 6.45) is 14.4. The van der Waals surface area contributed by atoms with E-state index < -0.39 is 11.9 Å². The molecule has 0 aromatic rings. The van der Waals surface area contributed by atoms with Gasteiger partial charge < -0.3 is 14.9 Å². The maximum atomic E-state index is 11.1. The van der Waals surface area contributed by atoms with Crippen molar-refractivity contribution < 1.29 is 19.7 Å². The Morgan fingerprint density at radius 2 is 1.52 bits per heavy atom. The molecule has 0 fully saturated rings. The van der Waals surface area contributed by atoms with Crippen LogP contribution < -0.4 is 0 Å². The Morgan fingerprint density at radius 1 is 1.04 bits per heavy atom. The van der Waals surface area contributed by atoms with Crippen molar-refractivity contribution in [2.45, 2.75) is 103 Å². The molecule has 4 heteroatoms. The summed E-state index contributed by atoms with van der Waals surface area (Å²) in [6, 6.07) is 0. The van der Waals surface area contributed by atoms with Gasteiger partial charge in [0.2, 0.25) is 0 Å². The number of unbranched alkanes of at least 4 members (excludes halogenated alkanes) is 9. The molecule has 136 valence electrons. The van der Waals surface area contributed by atoms with Crippen LogP contribution in [-0.2, 0) is 9.53 Å². The van der Waals surface area contributed by atoms with Crippen molar-refractivity contribution in [3.63, 3.8) is 0 Å². The van der Waals surface area contributed by atoms with Crippen molar-refractivity contribution in [3.8, 4) is 0 Å². The van der Waals surface area contributed by atoms with Gasteiger partial charge in [0, 0.05) is 13.3 Å². The first-order valence-electron chi connectivity index (χ1n) is 9.08. The van der Waals surface area contributed by atoms with Gasteiger partial charge in [-0.3, -0.25) is 4.79 Å². The molecule has 0 radical (unpaired) electrons. The second kappa shape index (κ2) is 13.6. The molecule has 0 aromatic carbocycles. The number of carbonyl (C=O) groups excluding carboxylic acids is 1. The third kappa shape index (κ3) is 17.3. The van der Waals surface area contributed by atoms with Gasteiger partial charge in [0.1, 0.15) is 6.10 Å². The molecule has 2 N–H and O–H groups in total. The van der Waals surface area contributed by atoms with Gasteiger partial charge in [-0.05, 0) is 32.6 Å². The fourth-order valence-electron chi connectivity index (χ4n) is 2.77. The minimum atomic E-state index is -1.79. The molecule has 0 aliphatic carbocycles. The van der Waals surface area contributed by atoms with Gasteiger partial charge in [-0.15, -0.1) is 6.58 Å². The average molecular weight is 328 g/mol. The number of esters is 1. The number of rotatable bonds is 15. The zero-order valence-electron chi connectivity index (χ0n) is 15.1. The largest absolute Gasteiger partial charge is 0.462 e. The Bertz CT molecular complexity index is 307. The van der Waals surface area contributed by atoms with E-state index in [2.05, 4.69) is 6.58 Å². The zero-order chi connectivity index (χ0) is 17.6. The average Bonchev–Trinajstić information content (AvgIpc) is 2.42. The number of carbonyl (C=O) groups is 1. The molecular weight excluding hydrogens is 292 g/mol. The van der Waals surface area contributed by atoms with Crippen LogP contribution in [0.3, 0.4) is 0 Å². The normalized spacial score (nSPS) is 12.9. The van der Waals surface area contributed by atoms with E-state index in [-0.39, 0.29) is 12.4 Å². The molecule has 0 aromatic heterocycles. The highest BCUT2D eigenvalue weighted by Crippen LogP contribution is 2.18. The molecule has 0 bridgehead atoms. The number of hydrogen-bond acceptors (Lipinski definition) is 4. The van der Waals surface area contributed by atoms with Crippen LogP contribution in [0.15, 0.2) is 12.7 Å². The van der Waals surface area contributed by atoms with Crippen LogP contribution in [-0.4, -0.2) is 28.1 Å². The fourth-order valence-corrected chi connectivity index (χ4v) is 2.77. The van der Waals surface area contributed by atoms with E-state index in [1.807, 2.05) is 6.08 Å². The van der Waals surface area contributed by atoms with Crippen LogP contribution in [0.2, 0.25) is 0 Å². The second-order valence-electron chi connectivity index (χ2n) is 6.70. The van der Waals surface area contributed by atoms with E-state index in [0.717, 1.165) is 19.3 Å². The lowest BCUT2D eigenvalue weighted by Gasteiger charge is -2.23. The highest BCUT2D eigenvalue weighted by atomic mass is 16.5. The van der Waals surface area contributed by atoms with Crippen LogP contribution in [0, 0.1) is 0 Å². The second-order valence-corrected chi connectivity index (χ2v) is 6.70. The molecule has 1 atom stereocenters. The first-order valence-corrected chi connectivity index (χ1v) is 9.08. The molecular formula is C19H36O4. The topological polar surface area (TPSA) is 66.8 Å². The summed E-state index contributed by atoms with van der Waals surface area (Å²) in [5.74, 6) is -2.15. The minimum Gasteiger partial charge on any atom is -0.462 e. The first-order chi connectivity index (χ1) is 10.8. The van der Waals surface area contributed by atoms with Crippen LogP contribution in [0.5, 0.6) is 0 Å². The fraction of sp³-hybridized carbons (Fsp3) is 0.842. The summed E-state index contributed by atoms with van der Waals surface area (Å²) in [5.41, 5.74) is 0. The van der Waals surface area contributed by atoms with Crippen LogP contribution in [0.25, 0.3) is 0 Å². The van der Waals surface area contributed by atoms with Crippen molar-refractivity contribution in [2.24, 2.45) is 0 Å². The minimum absolute atomic E-state index is 0.0668. The number of allylic oxidation sites excluding steroid dienone is 1. The van der Waals surface area contributed by atoms with E-state index in [1.165, 1.54) is 58.8 Å². The lowest BCUT2D eigenvalue weighted by molar-refractivity contribution is -0.178. The van der Waals surface area contributed by atoms with E-state index in [0.29, 0.717) is 6.42 Å². The molecule has 0 amide bonds. The number of aliphatic hydroxyl groups is 2. The van der Waals surface area contributed by atoms with E-state index >= 15 is 0 Å². The third-order valence-electron chi connectivity index (χ3n) is 3.88. The molecule has 0 rings (SSSR count). The van der Waals surface area contributed by atoms with Crippen molar-refractivity contribution in [2.75, 3.05) is 0 Å². The monoisotopic (exact) mass is 328 g/mol. The van der Waals surface area contributed by atoms with Crippen molar-refractivity contribution in [1.82, 2.24) is 0 Å². The summed E-state index contributed by atoms with van der Waals surface area (Å²) < 4.78 is 5.15. The van der Waals surface area contributed by atoms with Crippen molar-refractivity contribution >= 4 is 5.97 Å². The summed E-state index contributed by atoms with van der Waals surface area (Å²) in [4.78, 5) is 11.1. The molecule has 23 heavy (non-hydrogen) atoms. The molecule has 0 spiro atoms. The highest BCUT2D eigenvalue weighted by Gasteiger charge is 2.24. The van der Waals surface area contributed by atoms with Gasteiger partial charge in [0.25, 0.3) is 0 Å². The molecule has 0 saturated heterocycles. The van der Waals surface area contributed by atoms with Crippen LogP contribution in [0.1, 0.15) is 90.9 Å². The Balaban J connectivity index is 3.58. The van der Waals surface area contributed by atoms with E-state index in [4.69, 9.17) is 4.74 Å². The standard InChI is InChI=1S/C19H36O4/c1-4-5-6-7-8-9-10-11-12-13-14-15-18(23-17(2)20)16-19(3,21)22/h4,18,21-22H,1,5-16H2,2-3H3. The quantitative estimate of drug-likeness (QED) is 0.201. The predicted octanol–water partition coefficient (Wildman–Crippen LogP) is 4.49. The van der Waals surface area contributed by atoms with Gasteiger partial charge in [-0.1, -0.05) is 51.0 Å². The van der Waals surface area contributed by atoms with E-state index in [1.54, 1.807) is 0 Å². The summed E-state index contributed by atoms with van der Waals surface area (Å²) in [7, 11) is 0. The lowest BCUT2D eigenvalue weighted by atomic mass is 10.0. The number of ether oxygens (including phenoxy) is 1. The Kier molecular flexibility index (Phi) is 13.0. The highest BCUT2D eigenvalue weighted by molar-refractivity contribution is 5.66. The molecule has 0 saturated carbocycles. The Morgan fingerprint density at radius 3 is 1.96 bits per heavy atom. The molecule has 1 unspecified atom stereocenters. The first kappa shape index (κ1) is 22.1. The SMILES string of the molecule is C=CCCCCCCCCCCCC(CC(C)(O)O)OC(C)=O. The van der Waals surface area contributed by atoms with Crippen molar-refractivity contribution in [3.05, 3.63) is 12.7 Å². The van der Waals surface area contributed by atoms with E-state index in [9.17, 15) is 15.0 Å². The molecule has 0 heterocycles. The molecule has 0 aliphatic heterocycles. The Labute approximate surface area is 141 Å². The maximum absolute atomic E-state index is 11.1. The van der Waals surface area contributed by atoms with Crippen LogP contribution in [0.4, 0.5) is 0 Å². The summed E-state index contributed by atoms with van der Waals surface area (Å²) in [5, 5.41) is 18.9. The molecule has 0 aliphatic rings. The molecule has 4 nitrogen and oxygen atoms in total.